The Balaban J connectivity index is 0.00000143. The monoisotopic (exact) mass is 906 g/mol. The van der Waals surface area contributed by atoms with E-state index in [9.17, 15) is 0 Å². The van der Waals surface area contributed by atoms with Crippen LogP contribution < -0.4 is 5.32 Å². The van der Waals surface area contributed by atoms with Crippen LogP contribution in [-0.2, 0) is 23.7 Å². The Kier molecular flexibility index (Phi) is 14.1. The lowest BCUT2D eigenvalue weighted by Crippen LogP contribution is -2.24. The second kappa shape index (κ2) is 20.5. The second-order valence-electron chi connectivity index (χ2n) is 20.3. The third-order valence-corrected chi connectivity index (χ3v) is 15.4. The fourth-order valence-electron chi connectivity index (χ4n) is 11.5. The Morgan fingerprint density at radius 2 is 1.55 bits per heavy atom. The van der Waals surface area contributed by atoms with Gasteiger partial charge in [-0.25, -0.2) is 0 Å². The van der Waals surface area contributed by atoms with Crippen molar-refractivity contribution in [3.63, 3.8) is 0 Å². The zero-order chi connectivity index (χ0) is 48.1. The molecule has 4 aliphatic carbocycles. The minimum atomic E-state index is -0.0594. The molecule has 1 N–H and O–H groups in total. The highest BCUT2D eigenvalue weighted by Crippen LogP contribution is 2.52. The van der Waals surface area contributed by atoms with E-state index in [0.29, 0.717) is 5.92 Å². The molecular weight excluding hydrogens is 835 g/mol. The van der Waals surface area contributed by atoms with Gasteiger partial charge in [0.2, 0.25) is 0 Å². The molecule has 0 radical (unpaired) electrons. The molecule has 350 valence electrons. The predicted molar refractivity (Wildman–Crippen MR) is 299 cm³/mol. The first-order valence-corrected chi connectivity index (χ1v) is 25.6. The molecule has 3 atom stereocenters. The molecule has 1 aromatic heterocycles. The van der Waals surface area contributed by atoms with Crippen molar-refractivity contribution in [1.82, 2.24) is 9.88 Å². The highest BCUT2D eigenvalue weighted by Gasteiger charge is 2.38. The molecule has 0 amide bonds. The molecule has 6 aromatic rings. The number of aromatic nitrogens is 1. The quantitative estimate of drug-likeness (QED) is 0.0740. The van der Waals surface area contributed by atoms with Crippen LogP contribution in [-0.4, -0.2) is 10.8 Å². The van der Waals surface area contributed by atoms with E-state index in [4.69, 9.17) is 0 Å². The number of fused-ring (bicyclic) bond motifs is 8. The van der Waals surface area contributed by atoms with E-state index in [-0.39, 0.29) is 17.0 Å². The summed E-state index contributed by atoms with van der Waals surface area (Å²) in [6, 6.07) is 41.1. The average molecular weight is 906 g/mol. The summed E-state index contributed by atoms with van der Waals surface area (Å²) in [7, 11) is 0. The molecule has 1 heterocycles. The highest BCUT2D eigenvalue weighted by atomic mass is 15.2. The van der Waals surface area contributed by atoms with E-state index in [1.165, 1.54) is 89.8 Å². The molecule has 3 heteroatoms. The van der Waals surface area contributed by atoms with Crippen LogP contribution in [0.4, 0.5) is 0 Å². The number of nitrogens with zero attached hydrogens (tertiary/aromatic N) is 2. The topological polar surface area (TPSA) is 29.3 Å². The van der Waals surface area contributed by atoms with Crippen LogP contribution in [0.1, 0.15) is 138 Å². The van der Waals surface area contributed by atoms with E-state index in [0.717, 1.165) is 56.2 Å². The molecule has 0 aliphatic heterocycles. The van der Waals surface area contributed by atoms with Gasteiger partial charge in [0.1, 0.15) is 6.17 Å². The molecule has 0 fully saturated rings. The van der Waals surface area contributed by atoms with Crippen molar-refractivity contribution in [2.45, 2.75) is 117 Å². The van der Waals surface area contributed by atoms with Gasteiger partial charge < -0.3 is 9.88 Å². The molecule has 4 aliphatic rings. The van der Waals surface area contributed by atoms with Crippen LogP contribution in [0, 0.1) is 5.92 Å². The maximum atomic E-state index is 4.63. The number of hydrogen-bond acceptors (Lipinski definition) is 2. The van der Waals surface area contributed by atoms with Crippen LogP contribution in [0.2, 0.25) is 0 Å². The zero-order valence-electron chi connectivity index (χ0n) is 42.2. The number of aryl methyl sites for hydroxylation is 1. The van der Waals surface area contributed by atoms with Crippen molar-refractivity contribution in [3.05, 3.63) is 221 Å². The largest absolute Gasteiger partial charge is 0.371 e. The minimum Gasteiger partial charge on any atom is -0.371 e. The number of nitrogens with one attached hydrogen (secondary N) is 1. The Bertz CT molecular complexity index is 3080. The van der Waals surface area contributed by atoms with Crippen LogP contribution >= 0.6 is 0 Å². The van der Waals surface area contributed by atoms with Crippen LogP contribution in [0.5, 0.6) is 0 Å². The van der Waals surface area contributed by atoms with Gasteiger partial charge in [0, 0.05) is 39.3 Å². The van der Waals surface area contributed by atoms with Gasteiger partial charge in [-0.05, 0) is 152 Å². The first kappa shape index (κ1) is 47.4. The standard InChI is InChI=1S/C62H63N3.C4H8/c1-42-20-10-12-23-50(42)47-31-29-45(30-32-47)43(2)63-38-16-8-7-9-17-39-64-44(3)65-58-36-33-46-21-11-13-24-51(46)59(58)55-27-18-26-52(60(55)65)48-22-19-37-62(6,41-48)49-34-35-54-53-25-14-15-28-56(53)61(4,5)57(54)40-49;1-3-4-2/h8,10-18,21,23-32,34-35,38-42,44,64H,2,7,9,19-20,22,33,36-37H2,1,3-6H3;3-4H,1-2H3/b16-8+,39-17-,63-38?;4-3-/t42?,44?,62-;/m1./s1. The number of rotatable bonds is 12. The minimum absolute atomic E-state index is 0.0152. The van der Waals surface area contributed by atoms with Gasteiger partial charge in [-0.3, -0.25) is 4.99 Å². The van der Waals surface area contributed by atoms with Gasteiger partial charge >= 0.3 is 0 Å². The van der Waals surface area contributed by atoms with Gasteiger partial charge in [0.05, 0.1) is 11.2 Å². The number of unbranched alkanes of at least 4 members (excludes halogenated alkanes) is 1. The summed E-state index contributed by atoms with van der Waals surface area (Å²) in [5.74, 6) is 0.542. The number of benzene rings is 5. The van der Waals surface area contributed by atoms with E-state index < -0.39 is 0 Å². The lowest BCUT2D eigenvalue weighted by Gasteiger charge is -2.34. The average Bonchev–Trinajstić information content (AvgIpc) is 3.84. The Morgan fingerprint density at radius 3 is 2.35 bits per heavy atom. The molecule has 0 saturated carbocycles. The first-order chi connectivity index (χ1) is 33.5. The zero-order valence-corrected chi connectivity index (χ0v) is 42.2. The van der Waals surface area contributed by atoms with Gasteiger partial charge in [0.25, 0.3) is 0 Å². The molecule has 10 rings (SSSR count). The number of para-hydroxylation sites is 1. The third kappa shape index (κ3) is 9.41. The van der Waals surface area contributed by atoms with Crippen molar-refractivity contribution >= 4 is 34.0 Å². The fourth-order valence-corrected chi connectivity index (χ4v) is 11.5. The highest BCUT2D eigenvalue weighted by molar-refractivity contribution is 6.04. The number of hydrogen-bond donors (Lipinski definition) is 1. The van der Waals surface area contributed by atoms with Gasteiger partial charge in [-0.15, -0.1) is 0 Å². The molecule has 3 nitrogen and oxygen atoms in total. The van der Waals surface area contributed by atoms with Crippen LogP contribution in [0.15, 0.2) is 182 Å². The lowest BCUT2D eigenvalue weighted by molar-refractivity contribution is 0.492. The van der Waals surface area contributed by atoms with Crippen molar-refractivity contribution in [2.75, 3.05) is 0 Å². The van der Waals surface area contributed by atoms with Gasteiger partial charge in [-0.2, -0.15) is 0 Å². The van der Waals surface area contributed by atoms with E-state index in [1.54, 1.807) is 0 Å². The van der Waals surface area contributed by atoms with Crippen molar-refractivity contribution in [1.29, 1.82) is 0 Å². The SMILES string of the molecule is C/C=C\C.C=C(N=C/C=C/CC/C=C\NC(C)n1c2c(c3cccc(C4=C[C@](C)(c5ccc6c(c5)C(C)(C)c5ccccc5-6)CCC4)c31)-c1ccccc1CC2)c1ccc(C2=CC=CCC2C)cc1. The summed E-state index contributed by atoms with van der Waals surface area (Å²) >= 11 is 0. The molecular formula is C66H71N3. The summed E-state index contributed by atoms with van der Waals surface area (Å²) < 4.78 is 2.64. The van der Waals surface area contributed by atoms with Crippen molar-refractivity contribution in [3.8, 4) is 22.3 Å². The number of aliphatic imine (C=N–C) groups is 1. The summed E-state index contributed by atoms with van der Waals surface area (Å²) in [6.45, 7) is 20.1. The van der Waals surface area contributed by atoms with E-state index in [2.05, 4.69) is 208 Å². The molecule has 0 spiro atoms. The molecule has 5 aromatic carbocycles. The summed E-state index contributed by atoms with van der Waals surface area (Å²) in [5, 5.41) is 5.18. The summed E-state index contributed by atoms with van der Waals surface area (Å²) in [5.41, 5.74) is 21.4. The van der Waals surface area contributed by atoms with Gasteiger partial charge in [0.15, 0.2) is 0 Å². The Labute approximate surface area is 413 Å². The van der Waals surface area contributed by atoms with Crippen molar-refractivity contribution in [2.24, 2.45) is 10.9 Å². The molecule has 69 heavy (non-hydrogen) atoms. The van der Waals surface area contributed by atoms with Crippen molar-refractivity contribution < 1.29 is 0 Å². The maximum absolute atomic E-state index is 4.63. The Morgan fingerprint density at radius 1 is 0.812 bits per heavy atom. The van der Waals surface area contributed by atoms with Crippen LogP contribution in [0.25, 0.3) is 50.0 Å². The second-order valence-corrected chi connectivity index (χ2v) is 20.3. The molecule has 2 unspecified atom stereocenters. The molecule has 0 bridgehead atoms. The Hall–Kier alpha value is -6.71. The van der Waals surface area contributed by atoms with Crippen LogP contribution in [0.3, 0.4) is 0 Å². The summed E-state index contributed by atoms with van der Waals surface area (Å²) in [4.78, 5) is 4.63. The van der Waals surface area contributed by atoms with E-state index in [1.807, 2.05) is 38.3 Å². The molecule has 0 saturated heterocycles. The predicted octanol–water partition coefficient (Wildman–Crippen LogP) is 17.5. The fraction of sp³-hybridized carbons (Fsp3) is 0.288. The maximum Gasteiger partial charge on any atom is 0.100 e. The normalized spacial score (nSPS) is 19.5. The lowest BCUT2D eigenvalue weighted by atomic mass is 9.70. The van der Waals surface area contributed by atoms with E-state index >= 15 is 0 Å². The smallest absolute Gasteiger partial charge is 0.100 e. The first-order valence-electron chi connectivity index (χ1n) is 25.6. The number of allylic oxidation sites excluding steroid dienone is 11. The van der Waals surface area contributed by atoms with Gasteiger partial charge in [-0.1, -0.05) is 192 Å². The summed E-state index contributed by atoms with van der Waals surface area (Å²) in [6.07, 6.45) is 32.3. The third-order valence-electron chi connectivity index (χ3n) is 15.4.